The Hall–Kier alpha value is -2.71. The summed E-state index contributed by atoms with van der Waals surface area (Å²) in [5.74, 6) is -1.25. The Morgan fingerprint density at radius 1 is 1.19 bits per heavy atom. The molecule has 1 aromatic carbocycles. The molecule has 8 heteroatoms. The number of thiophene rings is 1. The number of nitrogens with zero attached hydrogens (tertiary/aromatic N) is 1. The summed E-state index contributed by atoms with van der Waals surface area (Å²) in [6, 6.07) is 6.94. The minimum atomic E-state index is -0.853. The Bertz CT molecular complexity index is 991. The van der Waals surface area contributed by atoms with E-state index in [4.69, 9.17) is 10.5 Å². The summed E-state index contributed by atoms with van der Waals surface area (Å²) in [4.78, 5) is 39.3. The highest BCUT2D eigenvalue weighted by molar-refractivity contribution is 7.12. The van der Waals surface area contributed by atoms with Gasteiger partial charge in [0.05, 0.1) is 11.5 Å². The van der Waals surface area contributed by atoms with Crippen molar-refractivity contribution in [1.82, 2.24) is 4.90 Å². The van der Waals surface area contributed by atoms with E-state index in [0.29, 0.717) is 11.4 Å². The lowest BCUT2D eigenvalue weighted by atomic mass is 10.0. The van der Waals surface area contributed by atoms with Gasteiger partial charge in [-0.1, -0.05) is 24.3 Å². The summed E-state index contributed by atoms with van der Waals surface area (Å²) in [5, 5.41) is 11.2. The number of esters is 1. The van der Waals surface area contributed by atoms with Crippen LogP contribution in [0.25, 0.3) is 0 Å². The van der Waals surface area contributed by atoms with Crippen LogP contribution in [0.5, 0.6) is 0 Å². The molecule has 0 saturated heterocycles. The lowest BCUT2D eigenvalue weighted by Crippen LogP contribution is -2.45. The zero-order chi connectivity index (χ0) is 23.5. The van der Waals surface area contributed by atoms with Crippen LogP contribution in [0, 0.1) is 0 Å². The predicted molar refractivity (Wildman–Crippen MR) is 122 cm³/mol. The minimum absolute atomic E-state index is 0.0129. The molecule has 0 bridgehead atoms. The van der Waals surface area contributed by atoms with Crippen LogP contribution in [0.4, 0.5) is 0 Å². The van der Waals surface area contributed by atoms with Gasteiger partial charge in [0.2, 0.25) is 5.91 Å². The smallest absolute Gasteiger partial charge is 0.306 e. The molecule has 1 atom stereocenters. The number of hydrogen-bond acceptors (Lipinski definition) is 6. The van der Waals surface area contributed by atoms with E-state index in [9.17, 15) is 19.5 Å². The molecule has 3 rings (SSSR count). The predicted octanol–water partition coefficient (Wildman–Crippen LogP) is 2.96. The number of aliphatic hydroxyl groups excluding tert-OH is 1. The molecule has 0 saturated carbocycles. The van der Waals surface area contributed by atoms with Crippen molar-refractivity contribution in [3.05, 3.63) is 56.8 Å². The van der Waals surface area contributed by atoms with Gasteiger partial charge < -0.3 is 20.5 Å². The molecule has 2 heterocycles. The topological polar surface area (TPSA) is 110 Å². The number of hydrogen-bond donors (Lipinski definition) is 2. The van der Waals surface area contributed by atoms with Gasteiger partial charge in [-0.25, -0.2) is 0 Å². The Kier molecular flexibility index (Phi) is 7.36. The van der Waals surface area contributed by atoms with Gasteiger partial charge in [-0.2, -0.15) is 0 Å². The largest absolute Gasteiger partial charge is 0.460 e. The molecule has 0 radical (unpaired) electrons. The first-order chi connectivity index (χ1) is 15.1. The van der Waals surface area contributed by atoms with Gasteiger partial charge in [-0.15, -0.1) is 11.3 Å². The number of carbonyl (C=O) groups excluding carboxylic acids is 3. The standard InChI is InChI=1S/C24H30N2O5S/c1-24(2,3)31-20(28)11-10-19(22(25)29)26-12-18-17(14-32-21(18)23(26)30)9-8-15-4-6-16(13-27)7-5-15/h4-7,14,19,27H,8-13H2,1-3H3,(H2,25,29)/t19-/m0/s1. The van der Waals surface area contributed by atoms with E-state index in [1.807, 2.05) is 29.6 Å². The van der Waals surface area contributed by atoms with E-state index in [-0.39, 0.29) is 25.4 Å². The Morgan fingerprint density at radius 3 is 2.44 bits per heavy atom. The van der Waals surface area contributed by atoms with Gasteiger partial charge in [-0.3, -0.25) is 14.4 Å². The van der Waals surface area contributed by atoms with Crippen LogP contribution in [0.2, 0.25) is 0 Å². The number of primary amides is 1. The molecule has 7 nitrogen and oxygen atoms in total. The zero-order valence-electron chi connectivity index (χ0n) is 18.7. The first kappa shape index (κ1) is 23.9. The summed E-state index contributed by atoms with van der Waals surface area (Å²) < 4.78 is 5.31. The van der Waals surface area contributed by atoms with Gasteiger partial charge in [-0.05, 0) is 67.7 Å². The number of ether oxygens (including phenoxy) is 1. The van der Waals surface area contributed by atoms with Crippen LogP contribution in [0.3, 0.4) is 0 Å². The minimum Gasteiger partial charge on any atom is -0.460 e. The third-order valence-electron chi connectivity index (χ3n) is 5.40. The summed E-state index contributed by atoms with van der Waals surface area (Å²) in [6.45, 7) is 5.67. The lowest BCUT2D eigenvalue weighted by molar-refractivity contribution is -0.155. The summed E-state index contributed by atoms with van der Waals surface area (Å²) in [6.07, 6.45) is 1.72. The van der Waals surface area contributed by atoms with Crippen LogP contribution in [-0.4, -0.2) is 39.4 Å². The average Bonchev–Trinajstić information content (AvgIpc) is 3.26. The molecule has 3 N–H and O–H groups in total. The van der Waals surface area contributed by atoms with Crippen molar-refractivity contribution in [3.63, 3.8) is 0 Å². The molecule has 1 aliphatic rings. The number of aryl methyl sites for hydroxylation is 2. The molecule has 1 aliphatic heterocycles. The number of fused-ring (bicyclic) bond motifs is 1. The second-order valence-electron chi connectivity index (χ2n) is 9.02. The average molecular weight is 459 g/mol. The van der Waals surface area contributed by atoms with Crippen molar-refractivity contribution in [2.45, 2.75) is 71.2 Å². The molecular formula is C24H30N2O5S. The van der Waals surface area contributed by atoms with Crippen LogP contribution < -0.4 is 5.73 Å². The van der Waals surface area contributed by atoms with Gasteiger partial charge in [0, 0.05) is 13.0 Å². The highest BCUT2D eigenvalue weighted by Crippen LogP contribution is 2.34. The van der Waals surface area contributed by atoms with E-state index in [1.165, 1.54) is 16.2 Å². The number of amides is 2. The number of carbonyl (C=O) groups is 3. The maximum Gasteiger partial charge on any atom is 0.306 e. The summed E-state index contributed by atoms with van der Waals surface area (Å²) >= 11 is 1.39. The zero-order valence-corrected chi connectivity index (χ0v) is 19.5. The summed E-state index contributed by atoms with van der Waals surface area (Å²) in [5.41, 5.74) is 9.03. The molecule has 32 heavy (non-hydrogen) atoms. The second-order valence-corrected chi connectivity index (χ2v) is 9.90. The molecule has 2 amide bonds. The van der Waals surface area contributed by atoms with Crippen molar-refractivity contribution in [1.29, 1.82) is 0 Å². The highest BCUT2D eigenvalue weighted by atomic mass is 32.1. The molecule has 0 fully saturated rings. The van der Waals surface area contributed by atoms with Crippen LogP contribution in [-0.2, 0) is 40.3 Å². The summed E-state index contributed by atoms with van der Waals surface area (Å²) in [7, 11) is 0. The normalized spacial score (nSPS) is 14.4. The lowest BCUT2D eigenvalue weighted by Gasteiger charge is -2.26. The van der Waals surface area contributed by atoms with E-state index in [1.54, 1.807) is 20.8 Å². The monoisotopic (exact) mass is 458 g/mol. The van der Waals surface area contributed by atoms with Gasteiger partial charge in [0.15, 0.2) is 0 Å². The molecule has 172 valence electrons. The quantitative estimate of drug-likeness (QED) is 0.562. The first-order valence-corrected chi connectivity index (χ1v) is 11.6. The SMILES string of the molecule is CC(C)(C)OC(=O)CC[C@@H](C(N)=O)N1Cc2c(CCc3ccc(CO)cc3)csc2C1=O. The van der Waals surface area contributed by atoms with E-state index in [2.05, 4.69) is 0 Å². The van der Waals surface area contributed by atoms with Gasteiger partial charge in [0.1, 0.15) is 11.6 Å². The van der Waals surface area contributed by atoms with Crippen LogP contribution >= 0.6 is 11.3 Å². The van der Waals surface area contributed by atoms with Crippen molar-refractivity contribution < 1.29 is 24.2 Å². The Balaban J connectivity index is 1.65. The highest BCUT2D eigenvalue weighted by Gasteiger charge is 2.38. The fourth-order valence-corrected chi connectivity index (χ4v) is 4.87. The molecular weight excluding hydrogens is 428 g/mol. The number of nitrogens with two attached hydrogens (primary N) is 1. The van der Waals surface area contributed by atoms with Crippen molar-refractivity contribution >= 4 is 29.1 Å². The molecule has 0 unspecified atom stereocenters. The number of rotatable bonds is 9. The first-order valence-electron chi connectivity index (χ1n) is 10.7. The number of benzene rings is 1. The van der Waals surface area contributed by atoms with E-state index in [0.717, 1.165) is 35.1 Å². The number of aliphatic hydroxyl groups is 1. The second kappa shape index (κ2) is 9.83. The van der Waals surface area contributed by atoms with E-state index < -0.39 is 23.5 Å². The van der Waals surface area contributed by atoms with Crippen LogP contribution in [0.15, 0.2) is 29.6 Å². The third kappa shape index (κ3) is 5.75. The van der Waals surface area contributed by atoms with E-state index >= 15 is 0 Å². The molecule has 1 aromatic heterocycles. The molecule has 2 aromatic rings. The Labute approximate surface area is 192 Å². The maximum absolute atomic E-state index is 13.0. The molecule has 0 aliphatic carbocycles. The third-order valence-corrected chi connectivity index (χ3v) is 6.46. The van der Waals surface area contributed by atoms with Crippen LogP contribution in [0.1, 0.15) is 65.5 Å². The van der Waals surface area contributed by atoms with Crippen molar-refractivity contribution in [2.75, 3.05) is 0 Å². The van der Waals surface area contributed by atoms with Crippen molar-refractivity contribution in [3.8, 4) is 0 Å². The van der Waals surface area contributed by atoms with Crippen molar-refractivity contribution in [2.24, 2.45) is 5.73 Å². The van der Waals surface area contributed by atoms with Gasteiger partial charge >= 0.3 is 5.97 Å². The molecule has 0 spiro atoms. The maximum atomic E-state index is 13.0. The Morgan fingerprint density at radius 2 is 1.84 bits per heavy atom. The van der Waals surface area contributed by atoms with Gasteiger partial charge in [0.25, 0.3) is 5.91 Å². The fraction of sp³-hybridized carbons (Fsp3) is 0.458. The fourth-order valence-electron chi connectivity index (χ4n) is 3.79.